The molecule has 1 saturated carbocycles. The van der Waals surface area contributed by atoms with Crippen LogP contribution >= 0.6 is 11.8 Å². The third-order valence-corrected chi connectivity index (χ3v) is 8.42. The highest BCUT2D eigenvalue weighted by Crippen LogP contribution is 2.30. The lowest BCUT2D eigenvalue weighted by Crippen LogP contribution is -2.46. The number of aliphatic hydroxyl groups excluding tert-OH is 1. The van der Waals surface area contributed by atoms with Crippen molar-refractivity contribution in [3.8, 4) is 5.75 Å². The third kappa shape index (κ3) is 6.44. The summed E-state index contributed by atoms with van der Waals surface area (Å²) in [6, 6.07) is 6.57. The summed E-state index contributed by atoms with van der Waals surface area (Å²) in [7, 11) is 1.66. The molecule has 1 aromatic carbocycles. The third-order valence-electron chi connectivity index (χ3n) is 7.37. The average Bonchev–Trinajstić information content (AvgIpc) is 2.94. The number of thioether (sulfide) groups is 1. The highest BCUT2D eigenvalue weighted by atomic mass is 32.2. The number of pyridine rings is 1. The van der Waals surface area contributed by atoms with Crippen LogP contribution in [0.1, 0.15) is 60.6 Å². The maximum Gasteiger partial charge on any atom is 0.257 e. The number of aromatic nitrogens is 1. The highest BCUT2D eigenvalue weighted by Gasteiger charge is 2.32. The van der Waals surface area contributed by atoms with Gasteiger partial charge in [-0.25, -0.2) is 9.37 Å². The molecule has 1 aliphatic heterocycles. The van der Waals surface area contributed by atoms with Crippen molar-refractivity contribution in [3.63, 3.8) is 0 Å². The molecule has 1 aliphatic carbocycles. The number of nitrogens with zero attached hydrogens (tertiary/aromatic N) is 3. The van der Waals surface area contributed by atoms with Gasteiger partial charge in [0.2, 0.25) is 6.41 Å². The van der Waals surface area contributed by atoms with Gasteiger partial charge >= 0.3 is 0 Å². The first-order chi connectivity index (χ1) is 18.3. The van der Waals surface area contributed by atoms with Crippen molar-refractivity contribution >= 4 is 35.8 Å². The number of carbonyl (C=O) groups is 3. The Morgan fingerprint density at radius 2 is 1.76 bits per heavy atom. The van der Waals surface area contributed by atoms with Crippen molar-refractivity contribution < 1.29 is 29.0 Å². The van der Waals surface area contributed by atoms with Crippen LogP contribution in [0, 0.1) is 5.82 Å². The summed E-state index contributed by atoms with van der Waals surface area (Å²) in [6.45, 7) is 0. The standard InChI is InChI=1S/C27H33FN4O5S/c1-31(20-6-4-19(5-7-20)30-26(36)24(35)17-2-8-22(34)9-3-17)27(37)23-14-18(28)15-29-25(23)32(16-33)21-10-12-38-13-11-21/h2-3,8-9,14-16,19-21,24,34-35H,4-7,10-13H2,1H3,(H,30,36). The number of benzene rings is 1. The van der Waals surface area contributed by atoms with Crippen LogP contribution in [-0.2, 0) is 9.59 Å². The topological polar surface area (TPSA) is 123 Å². The molecule has 1 aromatic heterocycles. The summed E-state index contributed by atoms with van der Waals surface area (Å²) in [4.78, 5) is 45.2. The number of carbonyl (C=O) groups excluding carboxylic acids is 3. The number of halogens is 1. The maximum atomic E-state index is 14.2. The van der Waals surface area contributed by atoms with E-state index in [1.165, 1.54) is 29.2 Å². The Hall–Kier alpha value is -3.18. The number of rotatable bonds is 8. The molecule has 38 heavy (non-hydrogen) atoms. The fraction of sp³-hybridized carbons (Fsp3) is 0.481. The zero-order valence-corrected chi connectivity index (χ0v) is 22.1. The Morgan fingerprint density at radius 1 is 1.11 bits per heavy atom. The molecular formula is C27H33FN4O5S. The Morgan fingerprint density at radius 3 is 2.39 bits per heavy atom. The average molecular weight is 545 g/mol. The van der Waals surface area contributed by atoms with Crippen molar-refractivity contribution in [2.75, 3.05) is 23.5 Å². The Kier molecular flexibility index (Phi) is 9.22. The van der Waals surface area contributed by atoms with E-state index in [1.807, 2.05) is 11.8 Å². The van der Waals surface area contributed by atoms with Crippen LogP contribution in [0.2, 0.25) is 0 Å². The minimum absolute atomic E-state index is 0.0476. The summed E-state index contributed by atoms with van der Waals surface area (Å²) in [5, 5.41) is 22.6. The molecule has 0 bridgehead atoms. The molecule has 2 fully saturated rings. The van der Waals surface area contributed by atoms with E-state index in [-0.39, 0.29) is 35.3 Å². The number of aromatic hydroxyl groups is 1. The van der Waals surface area contributed by atoms with Gasteiger partial charge in [0.25, 0.3) is 11.8 Å². The quantitative estimate of drug-likeness (QED) is 0.437. The zero-order valence-electron chi connectivity index (χ0n) is 21.3. The Balaban J connectivity index is 1.38. The van der Waals surface area contributed by atoms with Gasteiger partial charge in [0.1, 0.15) is 17.4 Å². The molecule has 9 nitrogen and oxygen atoms in total. The van der Waals surface area contributed by atoms with Crippen molar-refractivity contribution in [3.05, 3.63) is 53.5 Å². The van der Waals surface area contributed by atoms with Crippen LogP contribution in [0.25, 0.3) is 0 Å². The van der Waals surface area contributed by atoms with E-state index >= 15 is 0 Å². The summed E-state index contributed by atoms with van der Waals surface area (Å²) in [5.74, 6) is 0.476. The van der Waals surface area contributed by atoms with E-state index in [0.29, 0.717) is 37.7 Å². The van der Waals surface area contributed by atoms with Gasteiger partial charge in [-0.1, -0.05) is 12.1 Å². The Labute approximate surface area is 225 Å². The van der Waals surface area contributed by atoms with Crippen molar-refractivity contribution in [1.29, 1.82) is 0 Å². The van der Waals surface area contributed by atoms with Gasteiger partial charge in [-0.2, -0.15) is 11.8 Å². The second-order valence-electron chi connectivity index (χ2n) is 9.81. The van der Waals surface area contributed by atoms with Crippen LogP contribution in [0.3, 0.4) is 0 Å². The molecule has 2 aliphatic rings. The summed E-state index contributed by atoms with van der Waals surface area (Å²) < 4.78 is 14.2. The second-order valence-corrected chi connectivity index (χ2v) is 11.0. The number of phenolic OH excluding ortho intramolecular Hbond substituents is 1. The summed E-state index contributed by atoms with van der Waals surface area (Å²) in [6.07, 6.45) is 4.34. The molecule has 2 heterocycles. The van der Waals surface area contributed by atoms with Gasteiger partial charge in [-0.15, -0.1) is 0 Å². The van der Waals surface area contributed by atoms with Gasteiger partial charge < -0.3 is 20.4 Å². The molecule has 1 atom stereocenters. The van der Waals surface area contributed by atoms with Crippen molar-refractivity contribution in [2.45, 2.75) is 62.8 Å². The molecule has 3 amide bonds. The van der Waals surface area contributed by atoms with Gasteiger partial charge in [-0.3, -0.25) is 19.3 Å². The molecule has 0 radical (unpaired) electrons. The SMILES string of the molecule is CN(C(=O)c1cc(F)cnc1N(C=O)C1CCSCC1)C1CCC(NC(=O)C(O)c2ccc(O)cc2)CC1. The van der Waals surface area contributed by atoms with E-state index in [9.17, 15) is 29.0 Å². The number of nitrogens with one attached hydrogen (secondary N) is 1. The number of anilines is 1. The normalized spacial score (nSPS) is 20.8. The molecule has 0 spiro atoms. The number of phenols is 1. The van der Waals surface area contributed by atoms with E-state index in [4.69, 9.17) is 0 Å². The predicted octanol–water partition coefficient (Wildman–Crippen LogP) is 3.02. The lowest BCUT2D eigenvalue weighted by molar-refractivity contribution is -0.130. The van der Waals surface area contributed by atoms with E-state index in [2.05, 4.69) is 10.3 Å². The molecule has 3 N–H and O–H groups in total. The van der Waals surface area contributed by atoms with Crippen molar-refractivity contribution in [1.82, 2.24) is 15.2 Å². The molecule has 11 heteroatoms. The summed E-state index contributed by atoms with van der Waals surface area (Å²) >= 11 is 1.82. The number of amides is 3. The van der Waals surface area contributed by atoms with Gasteiger partial charge in [0, 0.05) is 25.2 Å². The van der Waals surface area contributed by atoms with Crippen LogP contribution in [0.15, 0.2) is 36.5 Å². The first-order valence-electron chi connectivity index (χ1n) is 12.8. The first-order valence-corrected chi connectivity index (χ1v) is 14.0. The Bertz CT molecular complexity index is 1140. The number of aliphatic hydroxyl groups is 1. The molecule has 2 aromatic rings. The monoisotopic (exact) mass is 544 g/mol. The number of hydrogen-bond acceptors (Lipinski definition) is 7. The van der Waals surface area contributed by atoms with Gasteiger partial charge in [-0.05, 0) is 73.8 Å². The summed E-state index contributed by atoms with van der Waals surface area (Å²) in [5.41, 5.74) is 0.445. The lowest BCUT2D eigenvalue weighted by Gasteiger charge is -2.36. The molecule has 204 valence electrons. The smallest absolute Gasteiger partial charge is 0.257 e. The van der Waals surface area contributed by atoms with E-state index in [0.717, 1.165) is 36.6 Å². The van der Waals surface area contributed by atoms with Crippen LogP contribution < -0.4 is 10.2 Å². The van der Waals surface area contributed by atoms with Crippen LogP contribution in [0.5, 0.6) is 5.75 Å². The predicted molar refractivity (Wildman–Crippen MR) is 142 cm³/mol. The van der Waals surface area contributed by atoms with E-state index in [1.54, 1.807) is 11.9 Å². The molecule has 4 rings (SSSR count). The van der Waals surface area contributed by atoms with Gasteiger partial charge in [0.05, 0.1) is 11.8 Å². The van der Waals surface area contributed by atoms with Crippen LogP contribution in [0.4, 0.5) is 10.2 Å². The van der Waals surface area contributed by atoms with Crippen LogP contribution in [-0.4, -0.2) is 75.0 Å². The lowest BCUT2D eigenvalue weighted by atomic mass is 9.89. The maximum absolute atomic E-state index is 14.2. The highest BCUT2D eigenvalue weighted by molar-refractivity contribution is 7.99. The minimum Gasteiger partial charge on any atom is -0.508 e. The van der Waals surface area contributed by atoms with Gasteiger partial charge in [0.15, 0.2) is 6.10 Å². The second kappa shape index (κ2) is 12.6. The fourth-order valence-corrected chi connectivity index (χ4v) is 6.20. The van der Waals surface area contributed by atoms with Crippen molar-refractivity contribution in [2.24, 2.45) is 0 Å². The van der Waals surface area contributed by atoms with E-state index < -0.39 is 23.7 Å². The fourth-order valence-electron chi connectivity index (χ4n) is 5.12. The zero-order chi connectivity index (χ0) is 27.2. The molecule has 1 saturated heterocycles. The minimum atomic E-state index is -1.35. The molecule has 1 unspecified atom stereocenters. The largest absolute Gasteiger partial charge is 0.508 e. The number of hydrogen-bond donors (Lipinski definition) is 3. The molecular weight excluding hydrogens is 511 g/mol. The first kappa shape index (κ1) is 27.8.